The smallest absolute Gasteiger partial charge is 0.312 e. The summed E-state index contributed by atoms with van der Waals surface area (Å²) < 4.78 is 30.0. The summed E-state index contributed by atoms with van der Waals surface area (Å²) in [5, 5.41) is 0. The number of ether oxygens (including phenoxy) is 2. The monoisotopic (exact) mass is 512 g/mol. The number of Topliss-reactive ketones (excluding diaryl/α,β-unsaturated/α-hetero) is 1. The molecule has 0 amide bonds. The molecule has 2 aliphatic carbocycles. The Morgan fingerprint density at radius 3 is 2.06 bits per heavy atom. The highest BCUT2D eigenvalue weighted by Crippen LogP contribution is 2.40. The van der Waals surface area contributed by atoms with Crippen molar-refractivity contribution in [1.82, 2.24) is 0 Å². The third-order valence-electron chi connectivity index (χ3n) is 7.16. The molecule has 6 nitrogen and oxygen atoms in total. The van der Waals surface area contributed by atoms with Crippen LogP contribution in [-0.2, 0) is 28.3 Å². The van der Waals surface area contributed by atoms with Crippen LogP contribution in [0, 0.1) is 11.8 Å². The molecule has 0 radical (unpaired) electrons. The SMILES string of the molecule is C.C=CCC1(F)C(=O)CC[C@@H]1C(=O)OC.C=CCC1=C(O[Si](CC)(CC)CC)CC[C@@H]1C(=O)OC. The summed E-state index contributed by atoms with van der Waals surface area (Å²) in [6.45, 7) is 13.8. The third-order valence-corrected chi connectivity index (χ3v) is 11.7. The molecule has 2 rings (SSSR count). The molecule has 0 heterocycles. The van der Waals surface area contributed by atoms with Crippen molar-refractivity contribution in [3.63, 3.8) is 0 Å². The summed E-state index contributed by atoms with van der Waals surface area (Å²) in [7, 11) is 0.976. The summed E-state index contributed by atoms with van der Waals surface area (Å²) in [6, 6.07) is 3.36. The van der Waals surface area contributed by atoms with E-state index in [9.17, 15) is 18.8 Å². The van der Waals surface area contributed by atoms with Gasteiger partial charge in [-0.1, -0.05) is 40.3 Å². The molecule has 1 fully saturated rings. The Bertz CT molecular complexity index is 780. The summed E-state index contributed by atoms with van der Waals surface area (Å²) in [4.78, 5) is 34.4. The standard InChI is InChI=1S/C16H28O3Si.C10H13FO3.CH4/c1-6-10-13-14(16(17)18-5)11-12-15(13)19-20(7-2,8-3)9-4;1-3-6-10(11)7(9(13)14-2)4-5-8(10)12;/h6,14H,1,7-12H2,2-5H3;3,7H,1,4-6H2,2H3;1H4/t14-;7-,10?;/m01./s1. The second-order valence-electron chi connectivity index (χ2n) is 8.79. The quantitative estimate of drug-likeness (QED) is 0.179. The Kier molecular flexibility index (Phi) is 14.1. The van der Waals surface area contributed by atoms with Crippen LogP contribution in [-0.4, -0.2) is 45.9 Å². The van der Waals surface area contributed by atoms with Crippen LogP contribution in [0.3, 0.4) is 0 Å². The Morgan fingerprint density at radius 1 is 1.03 bits per heavy atom. The van der Waals surface area contributed by atoms with Crippen LogP contribution >= 0.6 is 0 Å². The van der Waals surface area contributed by atoms with Gasteiger partial charge >= 0.3 is 11.9 Å². The van der Waals surface area contributed by atoms with E-state index in [1.165, 1.54) is 20.3 Å². The lowest BCUT2D eigenvalue weighted by atomic mass is 9.89. The van der Waals surface area contributed by atoms with Gasteiger partial charge in [-0.05, 0) is 43.0 Å². The first-order chi connectivity index (χ1) is 16.1. The molecule has 200 valence electrons. The second kappa shape index (κ2) is 15.0. The van der Waals surface area contributed by atoms with E-state index in [4.69, 9.17) is 9.16 Å². The van der Waals surface area contributed by atoms with E-state index in [0.717, 1.165) is 48.7 Å². The van der Waals surface area contributed by atoms with Crippen LogP contribution in [0.15, 0.2) is 36.6 Å². The molecule has 0 saturated heterocycles. The van der Waals surface area contributed by atoms with E-state index < -0.39 is 31.7 Å². The van der Waals surface area contributed by atoms with Crippen molar-refractivity contribution in [3.05, 3.63) is 36.6 Å². The lowest BCUT2D eigenvalue weighted by molar-refractivity contribution is -0.152. The minimum absolute atomic E-state index is 0. The number of carbonyl (C=O) groups excluding carboxylic acids is 3. The fourth-order valence-corrected chi connectivity index (χ4v) is 7.47. The van der Waals surface area contributed by atoms with E-state index in [-0.39, 0.29) is 38.6 Å². The van der Waals surface area contributed by atoms with Crippen molar-refractivity contribution < 1.29 is 32.7 Å². The lowest BCUT2D eigenvalue weighted by Crippen LogP contribution is -2.39. The van der Waals surface area contributed by atoms with E-state index in [0.29, 0.717) is 0 Å². The maximum absolute atomic E-state index is 14.1. The topological polar surface area (TPSA) is 78.9 Å². The molecule has 2 aliphatic rings. The van der Waals surface area contributed by atoms with Gasteiger partial charge in [0.15, 0.2) is 11.5 Å². The molecule has 3 atom stereocenters. The first-order valence-corrected chi connectivity index (χ1v) is 14.7. The van der Waals surface area contributed by atoms with Crippen molar-refractivity contribution in [1.29, 1.82) is 0 Å². The molecular formula is C27H45FO6Si. The average molecular weight is 513 g/mol. The molecule has 35 heavy (non-hydrogen) atoms. The zero-order valence-corrected chi connectivity index (χ0v) is 22.4. The number of methoxy groups -OCH3 is 2. The van der Waals surface area contributed by atoms with Gasteiger partial charge in [-0.25, -0.2) is 4.39 Å². The predicted octanol–water partition coefficient (Wildman–Crippen LogP) is 6.48. The van der Waals surface area contributed by atoms with Crippen molar-refractivity contribution >= 4 is 26.0 Å². The van der Waals surface area contributed by atoms with E-state index in [1.807, 2.05) is 6.08 Å². The first-order valence-electron chi connectivity index (χ1n) is 12.1. The van der Waals surface area contributed by atoms with Gasteiger partial charge in [0.25, 0.3) is 0 Å². The average Bonchev–Trinajstić information content (AvgIpc) is 3.37. The molecule has 0 aliphatic heterocycles. The van der Waals surface area contributed by atoms with Gasteiger partial charge in [0.2, 0.25) is 8.32 Å². The van der Waals surface area contributed by atoms with E-state index in [2.05, 4.69) is 38.7 Å². The number of hydrogen-bond donors (Lipinski definition) is 0. The fraction of sp³-hybridized carbons (Fsp3) is 0.667. The Hall–Kier alpha value is -2.22. The van der Waals surface area contributed by atoms with Gasteiger partial charge in [-0.2, -0.15) is 0 Å². The lowest BCUT2D eigenvalue weighted by Gasteiger charge is -2.30. The van der Waals surface area contributed by atoms with Crippen molar-refractivity contribution in [2.75, 3.05) is 14.2 Å². The molecule has 0 aromatic rings. The summed E-state index contributed by atoms with van der Waals surface area (Å²) in [5.74, 6) is -1.36. The van der Waals surface area contributed by atoms with Gasteiger partial charge in [0.1, 0.15) is 0 Å². The first kappa shape index (κ1) is 32.8. The summed E-state index contributed by atoms with van der Waals surface area (Å²) >= 11 is 0. The molecular weight excluding hydrogens is 467 g/mol. The van der Waals surface area contributed by atoms with Crippen LogP contribution in [0.2, 0.25) is 18.1 Å². The van der Waals surface area contributed by atoms with Gasteiger partial charge < -0.3 is 13.9 Å². The third kappa shape index (κ3) is 7.63. The number of halogens is 1. The zero-order valence-electron chi connectivity index (χ0n) is 21.4. The maximum atomic E-state index is 14.1. The van der Waals surface area contributed by atoms with Crippen LogP contribution in [0.4, 0.5) is 4.39 Å². The Balaban J connectivity index is 0.000000680. The minimum Gasteiger partial charge on any atom is -0.547 e. The number of rotatable bonds is 11. The largest absolute Gasteiger partial charge is 0.547 e. The van der Waals surface area contributed by atoms with Gasteiger partial charge in [-0.15, -0.1) is 13.2 Å². The number of carbonyl (C=O) groups is 3. The summed E-state index contributed by atoms with van der Waals surface area (Å²) in [5.41, 5.74) is -0.992. The van der Waals surface area contributed by atoms with Crippen LogP contribution in [0.5, 0.6) is 0 Å². The van der Waals surface area contributed by atoms with E-state index in [1.54, 1.807) is 0 Å². The number of esters is 2. The number of ketones is 1. The molecule has 0 aromatic heterocycles. The molecule has 1 saturated carbocycles. The van der Waals surface area contributed by atoms with Gasteiger partial charge in [-0.3, -0.25) is 14.4 Å². The zero-order chi connectivity index (χ0) is 25.9. The van der Waals surface area contributed by atoms with Crippen molar-refractivity contribution in [3.8, 4) is 0 Å². The highest BCUT2D eigenvalue weighted by Gasteiger charge is 2.53. The van der Waals surface area contributed by atoms with E-state index >= 15 is 0 Å². The van der Waals surface area contributed by atoms with Crippen LogP contribution in [0.1, 0.15) is 66.7 Å². The van der Waals surface area contributed by atoms with Crippen LogP contribution < -0.4 is 0 Å². The molecule has 0 N–H and O–H groups in total. The highest BCUT2D eigenvalue weighted by atomic mass is 28.4. The number of hydrogen-bond acceptors (Lipinski definition) is 6. The predicted molar refractivity (Wildman–Crippen MR) is 140 cm³/mol. The molecule has 1 unspecified atom stereocenters. The molecule has 0 aromatic carbocycles. The summed E-state index contributed by atoms with van der Waals surface area (Å²) in [6.07, 6.45) is 5.78. The maximum Gasteiger partial charge on any atom is 0.312 e. The minimum atomic E-state index is -2.09. The molecule has 0 bridgehead atoms. The number of allylic oxidation sites excluding steroid dienone is 3. The Labute approximate surface area is 212 Å². The van der Waals surface area contributed by atoms with Crippen molar-refractivity contribution in [2.45, 2.75) is 90.5 Å². The fourth-order valence-electron chi connectivity index (χ4n) is 4.78. The van der Waals surface area contributed by atoms with Gasteiger partial charge in [0.05, 0.1) is 31.8 Å². The molecule has 8 heteroatoms. The van der Waals surface area contributed by atoms with Gasteiger partial charge in [0, 0.05) is 19.3 Å². The highest BCUT2D eigenvalue weighted by molar-refractivity contribution is 6.73. The second-order valence-corrected chi connectivity index (χ2v) is 13.5. The van der Waals surface area contributed by atoms with Crippen molar-refractivity contribution in [2.24, 2.45) is 11.8 Å². The van der Waals surface area contributed by atoms with Crippen LogP contribution in [0.25, 0.3) is 0 Å². The molecule has 0 spiro atoms. The Morgan fingerprint density at radius 2 is 1.60 bits per heavy atom. The normalized spacial score (nSPS) is 23.5. The number of alkyl halides is 1.